The van der Waals surface area contributed by atoms with Gasteiger partial charge in [0.1, 0.15) is 0 Å². The van der Waals surface area contributed by atoms with Gasteiger partial charge in [-0.05, 0) is 43.5 Å². The normalized spacial score (nSPS) is 20.9. The SMILES string of the molecule is Brc1ccc(CC2CCCCCN2)cc1.Cl. The maximum Gasteiger partial charge on any atom is 0.0175 e. The van der Waals surface area contributed by atoms with Crippen LogP contribution in [0.3, 0.4) is 0 Å². The Morgan fingerprint density at radius 2 is 1.88 bits per heavy atom. The third-order valence-electron chi connectivity index (χ3n) is 3.06. The zero-order valence-corrected chi connectivity index (χ0v) is 11.8. The van der Waals surface area contributed by atoms with Gasteiger partial charge in [-0.3, -0.25) is 0 Å². The Hall–Kier alpha value is -0.0500. The summed E-state index contributed by atoms with van der Waals surface area (Å²) in [6.45, 7) is 1.20. The van der Waals surface area contributed by atoms with Gasteiger partial charge in [0, 0.05) is 10.5 Å². The van der Waals surface area contributed by atoms with Crippen LogP contribution in [0.4, 0.5) is 0 Å². The number of hydrogen-bond donors (Lipinski definition) is 1. The molecule has 2 rings (SSSR count). The second kappa shape index (κ2) is 7.31. The lowest BCUT2D eigenvalue weighted by atomic mass is 10.0. The Balaban J connectivity index is 0.00000128. The van der Waals surface area contributed by atoms with Gasteiger partial charge < -0.3 is 5.32 Å². The van der Waals surface area contributed by atoms with E-state index in [1.807, 2.05) is 0 Å². The predicted octanol–water partition coefficient (Wildman–Crippen LogP) is 3.95. The van der Waals surface area contributed by atoms with Crippen molar-refractivity contribution in [2.24, 2.45) is 0 Å². The summed E-state index contributed by atoms with van der Waals surface area (Å²) < 4.78 is 1.17. The molecule has 90 valence electrons. The largest absolute Gasteiger partial charge is 0.314 e. The maximum atomic E-state index is 3.63. The van der Waals surface area contributed by atoms with Crippen molar-refractivity contribution in [3.8, 4) is 0 Å². The van der Waals surface area contributed by atoms with Crippen molar-refractivity contribution in [2.75, 3.05) is 6.54 Å². The fourth-order valence-electron chi connectivity index (χ4n) is 2.18. The van der Waals surface area contributed by atoms with Crippen LogP contribution in [0.1, 0.15) is 31.2 Å². The second-order valence-corrected chi connectivity index (χ2v) is 5.25. The Morgan fingerprint density at radius 3 is 2.62 bits per heavy atom. The van der Waals surface area contributed by atoms with E-state index in [2.05, 4.69) is 45.5 Å². The summed E-state index contributed by atoms with van der Waals surface area (Å²) in [4.78, 5) is 0. The summed E-state index contributed by atoms with van der Waals surface area (Å²) in [6.07, 6.45) is 6.62. The Morgan fingerprint density at radius 1 is 1.12 bits per heavy atom. The summed E-state index contributed by atoms with van der Waals surface area (Å²) in [6, 6.07) is 9.39. The minimum atomic E-state index is 0. The van der Waals surface area contributed by atoms with E-state index in [0.29, 0.717) is 6.04 Å². The van der Waals surface area contributed by atoms with Gasteiger partial charge in [-0.1, -0.05) is 40.9 Å². The monoisotopic (exact) mass is 303 g/mol. The molecule has 1 aliphatic heterocycles. The van der Waals surface area contributed by atoms with Crippen LogP contribution in [0.5, 0.6) is 0 Å². The topological polar surface area (TPSA) is 12.0 Å². The molecule has 1 atom stereocenters. The number of hydrogen-bond acceptors (Lipinski definition) is 1. The smallest absolute Gasteiger partial charge is 0.0175 e. The fraction of sp³-hybridized carbons (Fsp3) is 0.538. The van der Waals surface area contributed by atoms with Crippen LogP contribution in [-0.2, 0) is 6.42 Å². The molecular formula is C13H19BrClN. The fourth-order valence-corrected chi connectivity index (χ4v) is 2.44. The lowest BCUT2D eigenvalue weighted by Gasteiger charge is -2.15. The summed E-state index contributed by atoms with van der Waals surface area (Å²) in [5, 5.41) is 3.63. The molecule has 1 aromatic carbocycles. The first-order valence-electron chi connectivity index (χ1n) is 5.82. The van der Waals surface area contributed by atoms with E-state index >= 15 is 0 Å². The molecule has 1 N–H and O–H groups in total. The van der Waals surface area contributed by atoms with Crippen molar-refractivity contribution in [2.45, 2.75) is 38.1 Å². The van der Waals surface area contributed by atoms with Crippen molar-refractivity contribution in [1.29, 1.82) is 0 Å². The van der Waals surface area contributed by atoms with Crippen LogP contribution in [-0.4, -0.2) is 12.6 Å². The van der Waals surface area contributed by atoms with Crippen LogP contribution in [0, 0.1) is 0 Å². The quantitative estimate of drug-likeness (QED) is 0.872. The van der Waals surface area contributed by atoms with E-state index in [1.165, 1.54) is 48.7 Å². The van der Waals surface area contributed by atoms with Crippen molar-refractivity contribution in [1.82, 2.24) is 5.32 Å². The number of nitrogens with one attached hydrogen (secondary N) is 1. The highest BCUT2D eigenvalue weighted by Crippen LogP contribution is 2.15. The number of halogens is 2. The van der Waals surface area contributed by atoms with Crippen LogP contribution in [0.2, 0.25) is 0 Å². The first kappa shape index (κ1) is 14.0. The van der Waals surface area contributed by atoms with Gasteiger partial charge >= 0.3 is 0 Å². The summed E-state index contributed by atoms with van der Waals surface area (Å²) in [5.41, 5.74) is 1.44. The molecule has 1 aromatic rings. The van der Waals surface area contributed by atoms with Gasteiger partial charge in [0.25, 0.3) is 0 Å². The van der Waals surface area contributed by atoms with Crippen LogP contribution < -0.4 is 5.32 Å². The minimum Gasteiger partial charge on any atom is -0.314 e. The molecule has 0 aliphatic carbocycles. The van der Waals surface area contributed by atoms with Gasteiger partial charge in [-0.15, -0.1) is 12.4 Å². The average molecular weight is 305 g/mol. The van der Waals surface area contributed by atoms with Crippen LogP contribution in [0.25, 0.3) is 0 Å². The third kappa shape index (κ3) is 4.44. The average Bonchev–Trinajstić information content (AvgIpc) is 2.50. The van der Waals surface area contributed by atoms with E-state index in [0.717, 1.165) is 0 Å². The summed E-state index contributed by atoms with van der Waals surface area (Å²) >= 11 is 3.47. The zero-order chi connectivity index (χ0) is 10.5. The first-order valence-corrected chi connectivity index (χ1v) is 6.62. The molecule has 1 nitrogen and oxygen atoms in total. The predicted molar refractivity (Wildman–Crippen MR) is 75.4 cm³/mol. The van der Waals surface area contributed by atoms with Crippen LogP contribution >= 0.6 is 28.3 Å². The minimum absolute atomic E-state index is 0. The maximum absolute atomic E-state index is 3.63. The van der Waals surface area contributed by atoms with E-state index in [1.54, 1.807) is 0 Å². The Bertz CT molecular complexity index is 291. The van der Waals surface area contributed by atoms with Gasteiger partial charge in [-0.2, -0.15) is 0 Å². The van der Waals surface area contributed by atoms with E-state index < -0.39 is 0 Å². The molecule has 0 saturated carbocycles. The third-order valence-corrected chi connectivity index (χ3v) is 3.59. The Kier molecular flexibility index (Phi) is 6.40. The summed E-state index contributed by atoms with van der Waals surface area (Å²) in [5.74, 6) is 0. The summed E-state index contributed by atoms with van der Waals surface area (Å²) in [7, 11) is 0. The van der Waals surface area contributed by atoms with E-state index in [4.69, 9.17) is 0 Å². The van der Waals surface area contributed by atoms with E-state index in [9.17, 15) is 0 Å². The molecule has 1 fully saturated rings. The number of rotatable bonds is 2. The molecule has 16 heavy (non-hydrogen) atoms. The molecule has 1 unspecified atom stereocenters. The van der Waals surface area contributed by atoms with Crippen molar-refractivity contribution in [3.63, 3.8) is 0 Å². The van der Waals surface area contributed by atoms with Crippen molar-refractivity contribution >= 4 is 28.3 Å². The highest BCUT2D eigenvalue weighted by molar-refractivity contribution is 9.10. The van der Waals surface area contributed by atoms with Crippen molar-refractivity contribution < 1.29 is 0 Å². The molecule has 1 aliphatic rings. The molecule has 0 spiro atoms. The first-order chi connectivity index (χ1) is 7.34. The number of benzene rings is 1. The van der Waals surface area contributed by atoms with Gasteiger partial charge in [0.15, 0.2) is 0 Å². The molecule has 1 heterocycles. The molecule has 0 bridgehead atoms. The van der Waals surface area contributed by atoms with Gasteiger partial charge in [0.05, 0.1) is 0 Å². The molecule has 0 amide bonds. The molecule has 0 radical (unpaired) electrons. The highest BCUT2D eigenvalue weighted by atomic mass is 79.9. The van der Waals surface area contributed by atoms with Gasteiger partial charge in [0.2, 0.25) is 0 Å². The zero-order valence-electron chi connectivity index (χ0n) is 9.42. The lowest BCUT2D eigenvalue weighted by Crippen LogP contribution is -2.30. The molecule has 0 aromatic heterocycles. The lowest BCUT2D eigenvalue weighted by molar-refractivity contribution is 0.507. The van der Waals surface area contributed by atoms with Gasteiger partial charge in [-0.25, -0.2) is 0 Å². The molecule has 3 heteroatoms. The second-order valence-electron chi connectivity index (χ2n) is 4.33. The standard InChI is InChI=1S/C13H18BrN.ClH/c14-12-7-5-11(6-8-12)10-13-4-2-1-3-9-15-13;/h5-8,13,15H,1-4,9-10H2;1H. The van der Waals surface area contributed by atoms with Crippen molar-refractivity contribution in [3.05, 3.63) is 34.3 Å². The molecule has 1 saturated heterocycles. The molecular weight excluding hydrogens is 286 g/mol. The van der Waals surface area contributed by atoms with E-state index in [-0.39, 0.29) is 12.4 Å². The van der Waals surface area contributed by atoms with Crippen LogP contribution in [0.15, 0.2) is 28.7 Å². The highest BCUT2D eigenvalue weighted by Gasteiger charge is 2.11. The Labute approximate surface area is 113 Å².